The average molecular weight is 1040 g/mol. The van der Waals surface area contributed by atoms with Crippen LogP contribution in [0.5, 0.6) is 0 Å². The highest BCUT2D eigenvalue weighted by Gasteiger charge is 2.32. The van der Waals surface area contributed by atoms with Crippen LogP contribution in [-0.2, 0) is 46.0 Å². The van der Waals surface area contributed by atoms with E-state index in [1.165, 1.54) is 18.5 Å². The van der Waals surface area contributed by atoms with Gasteiger partial charge in [0.25, 0.3) is 0 Å². The zero-order chi connectivity index (χ0) is 47.6. The highest BCUT2D eigenvalue weighted by Crippen LogP contribution is 2.47. The Morgan fingerprint density at radius 1 is 0.700 bits per heavy atom. The molecule has 0 saturated carbocycles. The maximum absolute atomic E-state index is 11.2. The highest BCUT2D eigenvalue weighted by atomic mass is 31.2. The van der Waals surface area contributed by atoms with Crippen LogP contribution in [0.1, 0.15) is 27.2 Å². The molecule has 0 amide bonds. The maximum Gasteiger partial charge on any atom is 0.342 e. The summed E-state index contributed by atoms with van der Waals surface area (Å²) in [6, 6.07) is 0. The Morgan fingerprint density at radius 2 is 1.12 bits per heavy atom. The van der Waals surface area contributed by atoms with Gasteiger partial charge < -0.3 is 82.5 Å². The third kappa shape index (κ3) is 44.3. The van der Waals surface area contributed by atoms with Gasteiger partial charge in [-0.2, -0.15) is 0 Å². The predicted octanol–water partition coefficient (Wildman–Crippen LogP) is -0.436. The smallest absolute Gasteiger partial charge is 0.342 e. The standard InChI is InChI=1S/C12H32N2O12P4.C7H19NO7P2.C5H13NO5P2/c1-11(4-13(7-27(3,15)16)8-28(17,18)19)6-26-12(2)5-14(9-29(20,21)22)10-30(23,24)25;1-2-4-15-5-3-8(6-16(9,10)11)7-17(12,13)14;1-12(7,8)4-6-2-3-11-13(9,10)5-6/h11-12,15-16H,3-10H2,1-2H3,(H2,17,18,19)(H2,20,21,22)(H2,23,24,25);2-7H2,1H3,(H2,9,10,11)(H2,12,13,14);2-5H2,1H3,(H,7,8)(H,9,10). The molecule has 14 N–H and O–H groups in total. The Kier molecular flexibility index (Phi) is 29.1. The van der Waals surface area contributed by atoms with Gasteiger partial charge in [-0.25, -0.2) is 0 Å². The lowest BCUT2D eigenvalue weighted by molar-refractivity contribution is 0.0197. The van der Waals surface area contributed by atoms with Crippen molar-refractivity contribution < 1.29 is 114 Å². The Balaban J connectivity index is 0. The molecule has 1 heterocycles. The Bertz CT molecular complexity index is 1500. The number of ether oxygens (including phenoxy) is 2. The summed E-state index contributed by atoms with van der Waals surface area (Å²) in [6.45, 7) is 7.49. The lowest BCUT2D eigenvalue weighted by atomic mass is 10.2. The van der Waals surface area contributed by atoms with Crippen molar-refractivity contribution in [2.24, 2.45) is 5.92 Å². The van der Waals surface area contributed by atoms with E-state index in [-0.39, 0.29) is 57.9 Å². The van der Waals surface area contributed by atoms with Crippen LogP contribution in [0.25, 0.3) is 0 Å². The van der Waals surface area contributed by atoms with Gasteiger partial charge in [0, 0.05) is 39.5 Å². The zero-order valence-electron chi connectivity index (χ0n) is 33.6. The van der Waals surface area contributed by atoms with Crippen molar-refractivity contribution >= 4 is 66.6 Å². The molecule has 0 bridgehead atoms. The molecule has 1 aliphatic heterocycles. The molecule has 1 rings (SSSR count). The van der Waals surface area contributed by atoms with Gasteiger partial charge in [-0.05, 0) is 19.3 Å². The van der Waals surface area contributed by atoms with E-state index in [4.69, 9.17) is 68.2 Å². The first-order valence-corrected chi connectivity index (χ1v) is 32.4. The Labute approximate surface area is 348 Å². The molecule has 0 radical (unpaired) electrons. The first-order chi connectivity index (χ1) is 26.6. The molecule has 1 aliphatic rings. The SMILES string of the molecule is C=P(O)(O)CN(CC(C)COC(C)CN(CP(=O)(O)O)CP(=O)(O)O)CP(=O)(O)O.CCCOCCN(CP(=O)(O)O)CP(=O)(O)O.CP(=O)(O)CN1CCOP(=O)(O)C1. The summed E-state index contributed by atoms with van der Waals surface area (Å²) in [7, 11) is -32.5. The van der Waals surface area contributed by atoms with Crippen molar-refractivity contribution in [1.82, 2.24) is 19.6 Å². The molecule has 4 unspecified atom stereocenters. The van der Waals surface area contributed by atoms with E-state index in [9.17, 15) is 41.7 Å². The fourth-order valence-electron chi connectivity index (χ4n) is 4.97. The van der Waals surface area contributed by atoms with Gasteiger partial charge in [0.15, 0.2) is 0 Å². The summed E-state index contributed by atoms with van der Waals surface area (Å²) in [5.74, 6) is -0.345. The number of hydrogen-bond acceptors (Lipinski definition) is 16. The fourth-order valence-corrected chi connectivity index (χ4v) is 12.4. The van der Waals surface area contributed by atoms with Gasteiger partial charge >= 0.3 is 45.6 Å². The molecule has 364 valence electrons. The molecule has 0 spiro atoms. The molecule has 4 atom stereocenters. The minimum absolute atomic E-state index is 0.0257. The maximum atomic E-state index is 11.2. The first-order valence-electron chi connectivity index (χ1n) is 17.3. The zero-order valence-corrected chi connectivity index (χ0v) is 40.7. The summed E-state index contributed by atoms with van der Waals surface area (Å²) in [4.78, 5) is 131. The van der Waals surface area contributed by atoms with Crippen molar-refractivity contribution in [1.29, 1.82) is 0 Å². The molecular formula is C24H64N4O24P8. The van der Waals surface area contributed by atoms with Crippen LogP contribution in [0, 0.1) is 5.92 Å². The summed E-state index contributed by atoms with van der Waals surface area (Å²) in [6.07, 6.45) is -1.14. The van der Waals surface area contributed by atoms with E-state index < -0.39 is 104 Å². The summed E-state index contributed by atoms with van der Waals surface area (Å²) >= 11 is 0. The van der Waals surface area contributed by atoms with E-state index in [1.807, 2.05) is 6.92 Å². The van der Waals surface area contributed by atoms with Crippen LogP contribution in [0.3, 0.4) is 0 Å². The summed E-state index contributed by atoms with van der Waals surface area (Å²) in [5, 5.41) is 0. The normalized spacial score (nSPS) is 19.6. The lowest BCUT2D eigenvalue weighted by Crippen LogP contribution is -2.36. The molecule has 1 saturated heterocycles. The van der Waals surface area contributed by atoms with Crippen LogP contribution >= 0.6 is 60.3 Å². The van der Waals surface area contributed by atoms with Crippen molar-refractivity contribution in [3.8, 4) is 0 Å². The second-order valence-electron chi connectivity index (χ2n) is 14.2. The van der Waals surface area contributed by atoms with Crippen LogP contribution in [0.2, 0.25) is 0 Å². The van der Waals surface area contributed by atoms with Crippen LogP contribution < -0.4 is 0 Å². The van der Waals surface area contributed by atoms with Crippen LogP contribution in [0.15, 0.2) is 0 Å². The van der Waals surface area contributed by atoms with Crippen LogP contribution in [-0.4, -0.2) is 210 Å². The number of rotatable bonds is 26. The largest absolute Gasteiger partial charge is 0.380 e. The van der Waals surface area contributed by atoms with Gasteiger partial charge in [-0.15, -0.1) is 0 Å². The lowest BCUT2D eigenvalue weighted by Gasteiger charge is -2.29. The number of hydrogen-bond donors (Lipinski definition) is 14. The van der Waals surface area contributed by atoms with Gasteiger partial charge in [0.05, 0.1) is 38.5 Å². The summed E-state index contributed by atoms with van der Waals surface area (Å²) in [5.41, 5.74) is 0. The highest BCUT2D eigenvalue weighted by molar-refractivity contribution is 7.62. The predicted molar refractivity (Wildman–Crippen MR) is 222 cm³/mol. The Hall–Kier alpha value is 1.07. The molecular weight excluding hydrogens is 976 g/mol. The van der Waals surface area contributed by atoms with Gasteiger partial charge in [0.2, 0.25) is 7.37 Å². The molecule has 0 aliphatic carbocycles. The van der Waals surface area contributed by atoms with E-state index in [1.54, 1.807) is 6.92 Å². The van der Waals surface area contributed by atoms with E-state index in [0.29, 0.717) is 13.2 Å². The second-order valence-corrected chi connectivity index (χ2v) is 28.5. The van der Waals surface area contributed by atoms with Crippen molar-refractivity contribution in [2.75, 3.05) is 110 Å². The molecule has 0 aromatic heterocycles. The molecule has 28 nitrogen and oxygen atoms in total. The number of nitrogens with zero attached hydrogens (tertiary/aromatic N) is 4. The first kappa shape index (κ1) is 63.2. The molecule has 0 aromatic carbocycles. The minimum Gasteiger partial charge on any atom is -0.380 e. The molecule has 60 heavy (non-hydrogen) atoms. The summed E-state index contributed by atoms with van der Waals surface area (Å²) < 4.78 is 92.4. The van der Waals surface area contributed by atoms with E-state index in [0.717, 1.165) is 21.1 Å². The van der Waals surface area contributed by atoms with E-state index >= 15 is 0 Å². The van der Waals surface area contributed by atoms with Crippen molar-refractivity contribution in [3.63, 3.8) is 0 Å². The third-order valence-corrected chi connectivity index (χ3v) is 13.5. The Morgan fingerprint density at radius 3 is 1.48 bits per heavy atom. The van der Waals surface area contributed by atoms with Gasteiger partial charge in [0.1, 0.15) is 45.1 Å². The van der Waals surface area contributed by atoms with Crippen LogP contribution in [0.4, 0.5) is 0 Å². The van der Waals surface area contributed by atoms with Gasteiger partial charge in [-0.3, -0.25) is 51.6 Å². The van der Waals surface area contributed by atoms with Crippen molar-refractivity contribution in [3.05, 3.63) is 0 Å². The third-order valence-electron chi connectivity index (χ3n) is 6.54. The molecule has 1 fully saturated rings. The monoisotopic (exact) mass is 1040 g/mol. The quantitative estimate of drug-likeness (QED) is 0.0386. The second kappa shape index (κ2) is 27.6. The van der Waals surface area contributed by atoms with Crippen molar-refractivity contribution in [2.45, 2.75) is 33.3 Å². The minimum atomic E-state index is -4.56. The molecule has 0 aromatic rings. The van der Waals surface area contributed by atoms with E-state index in [2.05, 4.69) is 10.8 Å². The topological polar surface area (TPSA) is 443 Å². The van der Waals surface area contributed by atoms with Gasteiger partial charge in [-0.1, -0.05) is 20.1 Å². The average Bonchev–Trinajstić information content (AvgIpc) is 2.92. The fraction of sp³-hybridized carbons (Fsp3) is 0.958. The molecule has 36 heteroatoms.